The zero-order chi connectivity index (χ0) is 15.2. The molecule has 0 aliphatic heterocycles. The Labute approximate surface area is 139 Å². The van der Waals surface area contributed by atoms with E-state index < -0.39 is 0 Å². The maximum atomic E-state index is 6.27. The number of hydrogen-bond acceptors (Lipinski definition) is 2. The Balaban J connectivity index is 1.90. The molecule has 0 fully saturated rings. The van der Waals surface area contributed by atoms with E-state index in [9.17, 15) is 0 Å². The molecular formula is C17H19BrClNO. The molecule has 1 N–H and O–H groups in total. The van der Waals surface area contributed by atoms with Gasteiger partial charge in [-0.3, -0.25) is 0 Å². The highest BCUT2D eigenvalue weighted by Crippen LogP contribution is 2.26. The highest BCUT2D eigenvalue weighted by Gasteiger charge is 2.09. The molecule has 0 bridgehead atoms. The molecule has 0 saturated heterocycles. The fourth-order valence-corrected chi connectivity index (χ4v) is 3.06. The Kier molecular flexibility index (Phi) is 6.09. The van der Waals surface area contributed by atoms with E-state index in [0.29, 0.717) is 0 Å². The Hall–Kier alpha value is -1.03. The van der Waals surface area contributed by atoms with Crippen LogP contribution in [0.5, 0.6) is 5.75 Å². The minimum atomic E-state index is 0.219. The van der Waals surface area contributed by atoms with E-state index >= 15 is 0 Å². The van der Waals surface area contributed by atoms with Gasteiger partial charge in [-0.1, -0.05) is 45.7 Å². The molecule has 2 nitrogen and oxygen atoms in total. The Morgan fingerprint density at radius 2 is 2.05 bits per heavy atom. The van der Waals surface area contributed by atoms with Crippen molar-refractivity contribution in [3.63, 3.8) is 0 Å². The van der Waals surface area contributed by atoms with Crippen molar-refractivity contribution in [1.29, 1.82) is 0 Å². The molecule has 4 heteroatoms. The lowest BCUT2D eigenvalue weighted by Gasteiger charge is -2.16. The first-order chi connectivity index (χ1) is 10.1. The van der Waals surface area contributed by atoms with Crippen molar-refractivity contribution in [1.82, 2.24) is 5.32 Å². The molecule has 0 aliphatic rings. The molecule has 2 rings (SSSR count). The van der Waals surface area contributed by atoms with Crippen LogP contribution in [0.2, 0.25) is 5.02 Å². The van der Waals surface area contributed by atoms with Gasteiger partial charge < -0.3 is 10.1 Å². The second-order valence-electron chi connectivity index (χ2n) is 4.94. The van der Waals surface area contributed by atoms with Gasteiger partial charge >= 0.3 is 0 Å². The summed E-state index contributed by atoms with van der Waals surface area (Å²) < 4.78 is 6.24. The Bertz CT molecular complexity index is 603. The second-order valence-corrected chi connectivity index (χ2v) is 6.27. The lowest BCUT2D eigenvalue weighted by Crippen LogP contribution is -2.21. The van der Waals surface area contributed by atoms with Gasteiger partial charge in [0.2, 0.25) is 0 Å². The van der Waals surface area contributed by atoms with Gasteiger partial charge in [-0.25, -0.2) is 0 Å². The molecule has 0 spiro atoms. The molecule has 0 radical (unpaired) electrons. The van der Waals surface area contributed by atoms with Gasteiger partial charge in [0.15, 0.2) is 0 Å². The molecule has 1 unspecified atom stereocenters. The van der Waals surface area contributed by atoms with Crippen LogP contribution in [0.25, 0.3) is 0 Å². The van der Waals surface area contributed by atoms with Crippen LogP contribution in [0, 0.1) is 0 Å². The Morgan fingerprint density at radius 3 is 2.76 bits per heavy atom. The molecule has 2 aromatic carbocycles. The van der Waals surface area contributed by atoms with Gasteiger partial charge in [-0.15, -0.1) is 0 Å². The Morgan fingerprint density at radius 1 is 1.24 bits per heavy atom. The molecule has 0 aromatic heterocycles. The molecule has 1 atom stereocenters. The van der Waals surface area contributed by atoms with E-state index in [2.05, 4.69) is 46.4 Å². The monoisotopic (exact) mass is 367 g/mol. The number of nitrogens with one attached hydrogen (secondary N) is 1. The molecule has 112 valence electrons. The van der Waals surface area contributed by atoms with E-state index in [1.54, 1.807) is 7.11 Å². The summed E-state index contributed by atoms with van der Waals surface area (Å²) >= 11 is 9.70. The van der Waals surface area contributed by atoms with Crippen LogP contribution in [-0.4, -0.2) is 13.7 Å². The van der Waals surface area contributed by atoms with Crippen molar-refractivity contribution in [3.05, 3.63) is 63.1 Å². The van der Waals surface area contributed by atoms with Gasteiger partial charge in [0.1, 0.15) is 5.75 Å². The molecule has 0 aliphatic carbocycles. The van der Waals surface area contributed by atoms with Crippen LogP contribution in [-0.2, 0) is 6.42 Å². The van der Waals surface area contributed by atoms with Crippen molar-refractivity contribution in [2.45, 2.75) is 19.4 Å². The van der Waals surface area contributed by atoms with Crippen molar-refractivity contribution in [2.24, 2.45) is 0 Å². The highest BCUT2D eigenvalue weighted by atomic mass is 79.9. The van der Waals surface area contributed by atoms with E-state index in [-0.39, 0.29) is 6.04 Å². The number of hydrogen-bond donors (Lipinski definition) is 1. The predicted molar refractivity (Wildman–Crippen MR) is 92.3 cm³/mol. The quantitative estimate of drug-likeness (QED) is 0.774. The maximum Gasteiger partial charge on any atom is 0.119 e. The number of ether oxygens (including phenoxy) is 1. The summed E-state index contributed by atoms with van der Waals surface area (Å²) in [6.45, 7) is 3.02. The van der Waals surface area contributed by atoms with Crippen molar-refractivity contribution >= 4 is 27.5 Å². The SMILES string of the molecule is COc1cccc(CCNC(C)c2ccc(Br)cc2Cl)c1. The van der Waals surface area contributed by atoms with Gasteiger partial charge in [-0.05, 0) is 55.3 Å². The second kappa shape index (κ2) is 7.83. The van der Waals surface area contributed by atoms with Gasteiger partial charge in [-0.2, -0.15) is 0 Å². The van der Waals surface area contributed by atoms with Crippen LogP contribution < -0.4 is 10.1 Å². The first kappa shape index (κ1) is 16.3. The van der Waals surface area contributed by atoms with Crippen molar-refractivity contribution < 1.29 is 4.74 Å². The van der Waals surface area contributed by atoms with E-state index in [0.717, 1.165) is 33.8 Å². The molecule has 2 aromatic rings. The fourth-order valence-electron chi connectivity index (χ4n) is 2.22. The molecule has 0 amide bonds. The largest absolute Gasteiger partial charge is 0.497 e. The summed E-state index contributed by atoms with van der Waals surface area (Å²) in [6.07, 6.45) is 0.954. The molecule has 0 heterocycles. The van der Waals surface area contributed by atoms with E-state index in [1.807, 2.05) is 24.3 Å². The minimum Gasteiger partial charge on any atom is -0.497 e. The minimum absolute atomic E-state index is 0.219. The van der Waals surface area contributed by atoms with Crippen LogP contribution >= 0.6 is 27.5 Å². The van der Waals surface area contributed by atoms with E-state index in [1.165, 1.54) is 5.56 Å². The van der Waals surface area contributed by atoms with Crippen molar-refractivity contribution in [3.8, 4) is 5.75 Å². The average Bonchev–Trinajstić information content (AvgIpc) is 2.47. The summed E-state index contributed by atoms with van der Waals surface area (Å²) in [5, 5.41) is 4.29. The summed E-state index contributed by atoms with van der Waals surface area (Å²) in [5.74, 6) is 0.900. The topological polar surface area (TPSA) is 21.3 Å². The third-order valence-electron chi connectivity index (χ3n) is 3.43. The zero-order valence-corrected chi connectivity index (χ0v) is 14.5. The van der Waals surface area contributed by atoms with Crippen molar-refractivity contribution in [2.75, 3.05) is 13.7 Å². The highest BCUT2D eigenvalue weighted by molar-refractivity contribution is 9.10. The number of halogens is 2. The fraction of sp³-hybridized carbons (Fsp3) is 0.294. The van der Waals surface area contributed by atoms with Gasteiger partial charge in [0.25, 0.3) is 0 Å². The number of methoxy groups -OCH3 is 1. The summed E-state index contributed by atoms with van der Waals surface area (Å²) in [5.41, 5.74) is 2.38. The van der Waals surface area contributed by atoms with Gasteiger partial charge in [0.05, 0.1) is 7.11 Å². The molecular weight excluding hydrogens is 350 g/mol. The summed E-state index contributed by atoms with van der Waals surface area (Å²) in [6, 6.07) is 14.4. The summed E-state index contributed by atoms with van der Waals surface area (Å²) in [7, 11) is 1.69. The summed E-state index contributed by atoms with van der Waals surface area (Å²) in [4.78, 5) is 0. The first-order valence-corrected chi connectivity index (χ1v) is 8.08. The first-order valence-electron chi connectivity index (χ1n) is 6.91. The lowest BCUT2D eigenvalue weighted by atomic mass is 10.1. The number of rotatable bonds is 6. The smallest absolute Gasteiger partial charge is 0.119 e. The van der Waals surface area contributed by atoms with Crippen LogP contribution in [0.4, 0.5) is 0 Å². The molecule has 0 saturated carbocycles. The van der Waals surface area contributed by atoms with Crippen LogP contribution in [0.15, 0.2) is 46.9 Å². The third kappa shape index (κ3) is 4.73. The van der Waals surface area contributed by atoms with E-state index in [4.69, 9.17) is 16.3 Å². The average molecular weight is 369 g/mol. The predicted octanol–water partition coefficient (Wildman–Crippen LogP) is 5.00. The van der Waals surface area contributed by atoms with Gasteiger partial charge in [0, 0.05) is 15.5 Å². The normalized spacial score (nSPS) is 12.2. The zero-order valence-electron chi connectivity index (χ0n) is 12.2. The standard InChI is InChI=1S/C17H19BrClNO/c1-12(16-7-6-14(18)11-17(16)19)20-9-8-13-4-3-5-15(10-13)21-2/h3-7,10-12,20H,8-9H2,1-2H3. The third-order valence-corrected chi connectivity index (χ3v) is 4.25. The van der Waals surface area contributed by atoms with Crippen LogP contribution in [0.3, 0.4) is 0 Å². The maximum absolute atomic E-state index is 6.27. The number of benzene rings is 2. The van der Waals surface area contributed by atoms with Crippen LogP contribution in [0.1, 0.15) is 24.1 Å². The lowest BCUT2D eigenvalue weighted by molar-refractivity contribution is 0.414. The molecule has 21 heavy (non-hydrogen) atoms.